The van der Waals surface area contributed by atoms with Gasteiger partial charge in [0.2, 0.25) is 5.90 Å². The van der Waals surface area contributed by atoms with E-state index in [1.54, 1.807) is 62.6 Å². The van der Waals surface area contributed by atoms with E-state index in [1.807, 2.05) is 0 Å². The molecule has 0 spiro atoms. The molecule has 1 aliphatic heterocycles. The van der Waals surface area contributed by atoms with Gasteiger partial charge >= 0.3 is 29.6 Å². The second-order valence-corrected chi connectivity index (χ2v) is 5.72. The summed E-state index contributed by atoms with van der Waals surface area (Å²) in [6.07, 6.45) is 0.431. The third-order valence-corrected chi connectivity index (χ3v) is 3.96. The van der Waals surface area contributed by atoms with Gasteiger partial charge in [-0.3, -0.25) is 9.59 Å². The molecule has 1 aliphatic rings. The standard InChI is InChI=1S/C20H19N3O5.Na/c1-3-28-19-17(12-24)20(26)23(22-19)15-8-6-14(7-9-15)21-18(25)13-4-10-16(27-2)11-5-13;/h4-12,24H,3H2,1-2H3,(H,21,25);/q;+1/p-1/b17-12+;. The summed E-state index contributed by atoms with van der Waals surface area (Å²) < 4.78 is 10.3. The molecule has 0 fully saturated rings. The molecular weight excluding hydrogens is 385 g/mol. The van der Waals surface area contributed by atoms with Gasteiger partial charge in [0.1, 0.15) is 5.75 Å². The third-order valence-electron chi connectivity index (χ3n) is 3.96. The summed E-state index contributed by atoms with van der Waals surface area (Å²) in [5.41, 5.74) is 1.35. The smallest absolute Gasteiger partial charge is 0.877 e. The molecule has 2 amide bonds. The summed E-state index contributed by atoms with van der Waals surface area (Å²) in [6, 6.07) is 13.2. The van der Waals surface area contributed by atoms with Crippen molar-refractivity contribution in [2.75, 3.05) is 24.0 Å². The van der Waals surface area contributed by atoms with E-state index in [0.29, 0.717) is 28.9 Å². The van der Waals surface area contributed by atoms with Crippen LogP contribution >= 0.6 is 0 Å². The van der Waals surface area contributed by atoms with Crippen LogP contribution in [0.15, 0.2) is 65.5 Å². The molecule has 8 nitrogen and oxygen atoms in total. The molecule has 0 aliphatic carbocycles. The van der Waals surface area contributed by atoms with E-state index in [-0.39, 0.29) is 53.5 Å². The minimum absolute atomic E-state index is 0. The number of carbonyl (C=O) groups is 2. The Balaban J connectivity index is 0.00000300. The number of methoxy groups -OCH3 is 1. The van der Waals surface area contributed by atoms with E-state index in [2.05, 4.69) is 10.4 Å². The SMILES string of the molecule is CCOC1=NN(c2ccc(NC(=O)c3ccc(OC)cc3)cc2)C(=O)/C1=C/[O-].[Na+]. The van der Waals surface area contributed by atoms with E-state index in [1.165, 1.54) is 0 Å². The molecule has 0 unspecified atom stereocenters. The molecule has 0 saturated carbocycles. The van der Waals surface area contributed by atoms with Crippen LogP contribution < -0.4 is 49.7 Å². The average molecular weight is 403 g/mol. The molecule has 1 heterocycles. The fourth-order valence-corrected chi connectivity index (χ4v) is 2.55. The van der Waals surface area contributed by atoms with Gasteiger partial charge in [0, 0.05) is 11.3 Å². The number of hydrogen-bond acceptors (Lipinski definition) is 6. The Hall–Kier alpha value is -2.81. The molecule has 9 heteroatoms. The maximum absolute atomic E-state index is 12.3. The molecule has 0 aromatic heterocycles. The van der Waals surface area contributed by atoms with E-state index in [4.69, 9.17) is 9.47 Å². The number of ether oxygens (including phenoxy) is 2. The number of rotatable bonds is 5. The number of hydrogen-bond donors (Lipinski definition) is 1. The van der Waals surface area contributed by atoms with Gasteiger partial charge in [-0.2, -0.15) is 5.01 Å². The van der Waals surface area contributed by atoms with Gasteiger partial charge in [0.15, 0.2) is 0 Å². The summed E-state index contributed by atoms with van der Waals surface area (Å²) in [5, 5.41) is 19.0. The zero-order valence-electron chi connectivity index (χ0n) is 16.3. The predicted molar refractivity (Wildman–Crippen MR) is 102 cm³/mol. The molecule has 3 rings (SSSR count). The molecular formula is C20H18N3NaO5. The number of carbonyl (C=O) groups excluding carboxylic acids is 2. The first-order valence-electron chi connectivity index (χ1n) is 8.51. The van der Waals surface area contributed by atoms with Crippen LogP contribution in [0.1, 0.15) is 17.3 Å². The summed E-state index contributed by atoms with van der Waals surface area (Å²) in [7, 11) is 1.55. The maximum atomic E-state index is 12.3. The number of benzene rings is 2. The van der Waals surface area contributed by atoms with Crippen molar-refractivity contribution in [2.45, 2.75) is 6.92 Å². The van der Waals surface area contributed by atoms with Crippen LogP contribution in [0, 0.1) is 0 Å². The average Bonchev–Trinajstić information content (AvgIpc) is 3.04. The number of hydrazone groups is 1. The van der Waals surface area contributed by atoms with Gasteiger partial charge in [-0.25, -0.2) is 0 Å². The summed E-state index contributed by atoms with van der Waals surface area (Å²) in [5.74, 6) is -0.177. The van der Waals surface area contributed by atoms with Crippen LogP contribution in [0.4, 0.5) is 11.4 Å². The van der Waals surface area contributed by atoms with Crippen molar-refractivity contribution >= 4 is 29.1 Å². The molecule has 2 aromatic rings. The molecule has 0 radical (unpaired) electrons. The molecule has 144 valence electrons. The Bertz CT molecular complexity index is 940. The summed E-state index contributed by atoms with van der Waals surface area (Å²) >= 11 is 0. The van der Waals surface area contributed by atoms with E-state index < -0.39 is 5.91 Å². The zero-order valence-corrected chi connectivity index (χ0v) is 18.3. The fourth-order valence-electron chi connectivity index (χ4n) is 2.55. The van der Waals surface area contributed by atoms with Crippen LogP contribution in [-0.2, 0) is 9.53 Å². The van der Waals surface area contributed by atoms with Crippen molar-refractivity contribution in [3.05, 3.63) is 65.9 Å². The minimum Gasteiger partial charge on any atom is -0.877 e. The Kier molecular flexibility index (Phi) is 7.83. The van der Waals surface area contributed by atoms with Crippen molar-refractivity contribution in [3.8, 4) is 5.75 Å². The number of amides is 2. The quantitative estimate of drug-likeness (QED) is 0.388. The largest absolute Gasteiger partial charge is 1.00 e. The fraction of sp³-hybridized carbons (Fsp3) is 0.150. The van der Waals surface area contributed by atoms with E-state index >= 15 is 0 Å². The molecule has 29 heavy (non-hydrogen) atoms. The van der Waals surface area contributed by atoms with Crippen molar-refractivity contribution in [1.29, 1.82) is 0 Å². The number of nitrogens with zero attached hydrogens (tertiary/aromatic N) is 2. The van der Waals surface area contributed by atoms with Crippen LogP contribution in [0.25, 0.3) is 0 Å². The van der Waals surface area contributed by atoms with Crippen LogP contribution in [0.2, 0.25) is 0 Å². The van der Waals surface area contributed by atoms with E-state index in [0.717, 1.165) is 5.01 Å². The second kappa shape index (κ2) is 10.1. The Labute approximate surface area is 190 Å². The Morgan fingerprint density at radius 2 is 1.83 bits per heavy atom. The minimum atomic E-state index is -0.562. The number of anilines is 2. The Morgan fingerprint density at radius 1 is 1.17 bits per heavy atom. The first-order chi connectivity index (χ1) is 13.6. The van der Waals surface area contributed by atoms with Gasteiger partial charge in [-0.15, -0.1) is 11.4 Å². The molecule has 2 aromatic carbocycles. The van der Waals surface area contributed by atoms with Gasteiger partial charge in [-0.05, 0) is 55.5 Å². The van der Waals surface area contributed by atoms with Gasteiger partial charge in [0.25, 0.3) is 11.8 Å². The molecule has 0 atom stereocenters. The first kappa shape index (κ1) is 22.5. The Morgan fingerprint density at radius 3 is 2.38 bits per heavy atom. The molecule has 1 N–H and O–H groups in total. The van der Waals surface area contributed by atoms with Gasteiger partial charge in [-0.1, -0.05) is 0 Å². The van der Waals surface area contributed by atoms with Crippen molar-refractivity contribution in [1.82, 2.24) is 0 Å². The monoisotopic (exact) mass is 403 g/mol. The van der Waals surface area contributed by atoms with Crippen LogP contribution in [-0.4, -0.2) is 31.4 Å². The first-order valence-corrected chi connectivity index (χ1v) is 8.51. The van der Waals surface area contributed by atoms with Gasteiger partial charge in [0.05, 0.1) is 25.0 Å². The van der Waals surface area contributed by atoms with Crippen LogP contribution in [0.5, 0.6) is 5.75 Å². The topological polar surface area (TPSA) is 103 Å². The summed E-state index contributed by atoms with van der Waals surface area (Å²) in [6.45, 7) is 2.02. The third kappa shape index (κ3) is 4.97. The second-order valence-electron chi connectivity index (χ2n) is 5.72. The molecule has 0 saturated heterocycles. The normalized spacial score (nSPS) is 14.3. The van der Waals surface area contributed by atoms with Crippen molar-refractivity contribution in [3.63, 3.8) is 0 Å². The van der Waals surface area contributed by atoms with Gasteiger partial charge < -0.3 is 19.9 Å². The molecule has 0 bridgehead atoms. The predicted octanol–water partition coefficient (Wildman–Crippen LogP) is -1.11. The zero-order chi connectivity index (χ0) is 20.1. The van der Waals surface area contributed by atoms with Crippen molar-refractivity contribution in [2.24, 2.45) is 5.10 Å². The van der Waals surface area contributed by atoms with Crippen LogP contribution in [0.3, 0.4) is 0 Å². The maximum Gasteiger partial charge on any atom is 1.00 e. The number of nitrogens with one attached hydrogen (secondary N) is 1. The van der Waals surface area contributed by atoms with E-state index in [9.17, 15) is 14.7 Å². The van der Waals surface area contributed by atoms with Crippen molar-refractivity contribution < 1.29 is 53.7 Å². The summed E-state index contributed by atoms with van der Waals surface area (Å²) in [4.78, 5) is 24.6.